The minimum atomic E-state index is -0.383. The second kappa shape index (κ2) is 8.90. The van der Waals surface area contributed by atoms with Crippen LogP contribution in [0.5, 0.6) is 0 Å². The van der Waals surface area contributed by atoms with Gasteiger partial charge in [-0.2, -0.15) is 0 Å². The zero-order valence-corrected chi connectivity index (χ0v) is 18.7. The van der Waals surface area contributed by atoms with Crippen molar-refractivity contribution in [2.75, 3.05) is 7.11 Å². The van der Waals surface area contributed by atoms with Gasteiger partial charge in [-0.1, -0.05) is 37.6 Å². The molecule has 0 bridgehead atoms. The number of furan rings is 1. The fourth-order valence-corrected chi connectivity index (χ4v) is 4.19. The first-order chi connectivity index (χ1) is 16.2. The van der Waals surface area contributed by atoms with Crippen molar-refractivity contribution in [2.24, 2.45) is 0 Å². The van der Waals surface area contributed by atoms with Crippen molar-refractivity contribution in [3.63, 3.8) is 0 Å². The van der Waals surface area contributed by atoms with E-state index in [9.17, 15) is 4.79 Å². The van der Waals surface area contributed by atoms with Crippen molar-refractivity contribution in [3.8, 4) is 11.3 Å². The lowest BCUT2D eigenvalue weighted by Gasteiger charge is -2.09. The second-order valence-electron chi connectivity index (χ2n) is 8.08. The van der Waals surface area contributed by atoms with E-state index in [2.05, 4.69) is 28.6 Å². The lowest BCUT2D eigenvalue weighted by Crippen LogP contribution is -2.06. The van der Waals surface area contributed by atoms with Gasteiger partial charge in [0.15, 0.2) is 5.65 Å². The first-order valence-corrected chi connectivity index (χ1v) is 11.2. The van der Waals surface area contributed by atoms with E-state index in [-0.39, 0.29) is 5.97 Å². The predicted molar refractivity (Wildman–Crippen MR) is 128 cm³/mol. The van der Waals surface area contributed by atoms with Crippen molar-refractivity contribution in [3.05, 3.63) is 83.8 Å². The van der Waals surface area contributed by atoms with E-state index in [1.54, 1.807) is 6.07 Å². The molecular weight excluding hydrogens is 414 g/mol. The van der Waals surface area contributed by atoms with Crippen molar-refractivity contribution >= 4 is 28.1 Å². The van der Waals surface area contributed by atoms with Crippen LogP contribution in [0.2, 0.25) is 0 Å². The highest BCUT2D eigenvalue weighted by molar-refractivity contribution is 5.97. The number of ether oxygens (including phenoxy) is 1. The van der Waals surface area contributed by atoms with E-state index in [0.717, 1.165) is 52.8 Å². The highest BCUT2D eigenvalue weighted by Gasteiger charge is 2.17. The van der Waals surface area contributed by atoms with Crippen molar-refractivity contribution in [1.82, 2.24) is 14.5 Å². The van der Waals surface area contributed by atoms with Crippen LogP contribution in [0.1, 0.15) is 41.5 Å². The Hall–Kier alpha value is -3.93. The van der Waals surface area contributed by atoms with Gasteiger partial charge in [0.1, 0.15) is 22.7 Å². The van der Waals surface area contributed by atoms with E-state index in [1.165, 1.54) is 7.11 Å². The maximum absolute atomic E-state index is 12.2. The number of hydrogen-bond donors (Lipinski definition) is 0. The zero-order chi connectivity index (χ0) is 22.8. The van der Waals surface area contributed by atoms with E-state index in [4.69, 9.17) is 14.1 Å². The number of hydrogen-bond acceptors (Lipinski definition) is 5. The minimum absolute atomic E-state index is 0.383. The predicted octanol–water partition coefficient (Wildman–Crippen LogP) is 6.02. The molecule has 0 spiro atoms. The van der Waals surface area contributed by atoms with E-state index >= 15 is 0 Å². The topological polar surface area (TPSA) is 70.2 Å². The van der Waals surface area contributed by atoms with Crippen molar-refractivity contribution < 1.29 is 13.9 Å². The summed E-state index contributed by atoms with van der Waals surface area (Å²) in [5, 5.41) is 0.981. The molecule has 6 heteroatoms. The summed E-state index contributed by atoms with van der Waals surface area (Å²) in [6.07, 6.45) is 4.95. The fourth-order valence-electron chi connectivity index (χ4n) is 4.19. The molecule has 0 saturated heterocycles. The zero-order valence-electron chi connectivity index (χ0n) is 18.7. The fraction of sp³-hybridized carbons (Fsp3) is 0.222. The molecule has 0 aliphatic heterocycles. The van der Waals surface area contributed by atoms with Crippen LogP contribution in [0, 0.1) is 0 Å². The monoisotopic (exact) mass is 439 g/mol. The number of carbonyl (C=O) groups is 1. The molecule has 166 valence electrons. The summed E-state index contributed by atoms with van der Waals surface area (Å²) >= 11 is 0. The number of esters is 1. The highest BCUT2D eigenvalue weighted by Crippen LogP contribution is 2.31. The van der Waals surface area contributed by atoms with Crippen LogP contribution >= 0.6 is 0 Å². The standard InChI is InChI=1S/C27H25N3O3/c1-3-4-11-25-29-22-10-7-14-28-26(22)30(25)17-18-12-13-23-19(15-18)16-24(33-23)20-8-5-6-9-21(20)27(31)32-2/h5-10,12-16H,3-4,11,17H2,1-2H3. The summed E-state index contributed by atoms with van der Waals surface area (Å²) in [6, 6.07) is 19.4. The number of fused-ring (bicyclic) bond motifs is 2. The Morgan fingerprint density at radius 1 is 1.09 bits per heavy atom. The number of aryl methyl sites for hydroxylation is 1. The molecule has 6 nitrogen and oxygen atoms in total. The molecule has 0 unspecified atom stereocenters. The van der Waals surface area contributed by atoms with Gasteiger partial charge in [0, 0.05) is 23.6 Å². The van der Waals surface area contributed by atoms with Gasteiger partial charge in [-0.15, -0.1) is 0 Å². The Balaban J connectivity index is 1.52. The Morgan fingerprint density at radius 3 is 2.82 bits per heavy atom. The maximum Gasteiger partial charge on any atom is 0.338 e. The Labute approximate surface area is 191 Å². The van der Waals surface area contributed by atoms with Crippen molar-refractivity contribution in [2.45, 2.75) is 32.7 Å². The summed E-state index contributed by atoms with van der Waals surface area (Å²) in [7, 11) is 1.38. The average molecular weight is 440 g/mol. The van der Waals surface area contributed by atoms with Crippen LogP contribution in [0.15, 0.2) is 71.3 Å². The summed E-state index contributed by atoms with van der Waals surface area (Å²) < 4.78 is 13.2. The Kier molecular flexibility index (Phi) is 5.65. The number of imidazole rings is 1. The molecule has 0 saturated carbocycles. The normalized spacial score (nSPS) is 11.3. The smallest absolute Gasteiger partial charge is 0.338 e. The van der Waals surface area contributed by atoms with Crippen LogP contribution < -0.4 is 0 Å². The van der Waals surface area contributed by atoms with Crippen LogP contribution in [-0.2, 0) is 17.7 Å². The maximum atomic E-state index is 12.2. The Morgan fingerprint density at radius 2 is 1.97 bits per heavy atom. The molecule has 0 aliphatic rings. The van der Waals surface area contributed by atoms with Gasteiger partial charge < -0.3 is 13.7 Å². The van der Waals surface area contributed by atoms with Gasteiger partial charge in [0.05, 0.1) is 19.2 Å². The molecule has 2 aromatic carbocycles. The number of rotatable bonds is 7. The molecule has 0 fully saturated rings. The molecule has 3 heterocycles. The van der Waals surface area contributed by atoms with Gasteiger partial charge >= 0.3 is 5.97 Å². The molecule has 0 aliphatic carbocycles. The minimum Gasteiger partial charge on any atom is -0.465 e. The number of nitrogens with zero attached hydrogens (tertiary/aromatic N) is 3. The summed E-state index contributed by atoms with van der Waals surface area (Å²) in [4.78, 5) is 21.6. The number of methoxy groups -OCH3 is 1. The van der Waals surface area contributed by atoms with Gasteiger partial charge in [-0.05, 0) is 48.4 Å². The molecule has 3 aromatic heterocycles. The van der Waals surface area contributed by atoms with Gasteiger partial charge in [0.25, 0.3) is 0 Å². The molecular formula is C27H25N3O3. The van der Waals surface area contributed by atoms with E-state index in [0.29, 0.717) is 23.4 Å². The average Bonchev–Trinajstić information content (AvgIpc) is 3.43. The molecule has 0 N–H and O–H groups in total. The second-order valence-corrected chi connectivity index (χ2v) is 8.08. The number of benzene rings is 2. The van der Waals surface area contributed by atoms with E-state index in [1.807, 2.05) is 48.7 Å². The SMILES string of the molecule is CCCCc1nc2cccnc2n1Cc1ccc2oc(-c3ccccc3C(=O)OC)cc2c1. The molecule has 5 aromatic rings. The van der Waals surface area contributed by atoms with Crippen LogP contribution in [0.4, 0.5) is 0 Å². The quantitative estimate of drug-likeness (QED) is 0.290. The third-order valence-electron chi connectivity index (χ3n) is 5.86. The lowest BCUT2D eigenvalue weighted by molar-refractivity contribution is 0.0601. The van der Waals surface area contributed by atoms with Crippen LogP contribution in [-0.4, -0.2) is 27.6 Å². The molecule has 5 rings (SSSR count). The number of pyridine rings is 1. The van der Waals surface area contributed by atoms with Gasteiger partial charge in [0.2, 0.25) is 0 Å². The summed E-state index contributed by atoms with van der Waals surface area (Å²) in [5.41, 5.74) is 4.94. The molecule has 0 amide bonds. The third kappa shape index (κ3) is 4.00. The molecule has 0 atom stereocenters. The Bertz CT molecular complexity index is 1450. The molecule has 0 radical (unpaired) electrons. The first-order valence-electron chi connectivity index (χ1n) is 11.2. The van der Waals surface area contributed by atoms with Crippen LogP contribution in [0.3, 0.4) is 0 Å². The lowest BCUT2D eigenvalue weighted by atomic mass is 10.0. The summed E-state index contributed by atoms with van der Waals surface area (Å²) in [6.45, 7) is 2.87. The largest absolute Gasteiger partial charge is 0.465 e. The van der Waals surface area contributed by atoms with Gasteiger partial charge in [-0.3, -0.25) is 0 Å². The molecule has 33 heavy (non-hydrogen) atoms. The number of unbranched alkanes of at least 4 members (excludes halogenated alkanes) is 1. The number of aromatic nitrogens is 3. The van der Waals surface area contributed by atoms with Crippen molar-refractivity contribution in [1.29, 1.82) is 0 Å². The highest BCUT2D eigenvalue weighted by atomic mass is 16.5. The van der Waals surface area contributed by atoms with E-state index < -0.39 is 0 Å². The first kappa shape index (κ1) is 20.9. The van der Waals surface area contributed by atoms with Gasteiger partial charge in [-0.25, -0.2) is 14.8 Å². The third-order valence-corrected chi connectivity index (χ3v) is 5.86. The van der Waals surface area contributed by atoms with Crippen LogP contribution in [0.25, 0.3) is 33.5 Å². The summed E-state index contributed by atoms with van der Waals surface area (Å²) in [5.74, 6) is 1.32. The number of carbonyl (C=O) groups excluding carboxylic acids is 1.